The molecule has 1 fully saturated rings. The fourth-order valence-corrected chi connectivity index (χ4v) is 2.52. The highest BCUT2D eigenvalue weighted by atomic mass is 19.1. The van der Waals surface area contributed by atoms with Crippen LogP contribution in [0.3, 0.4) is 0 Å². The number of carboxylic acid groups (broad SMARTS) is 1. The SMILES string of the molecule is CCC1CCC(CCCF)(C(=O)O)C1. The molecule has 0 saturated heterocycles. The molecule has 1 aliphatic carbocycles. The summed E-state index contributed by atoms with van der Waals surface area (Å²) in [7, 11) is 0. The number of hydrogen-bond donors (Lipinski definition) is 1. The Bertz CT molecular complexity index is 205. The monoisotopic (exact) mass is 202 g/mol. The Morgan fingerprint density at radius 1 is 1.64 bits per heavy atom. The third-order valence-corrected chi connectivity index (χ3v) is 3.53. The molecule has 82 valence electrons. The Kier molecular flexibility index (Phi) is 3.90. The van der Waals surface area contributed by atoms with Crippen LogP contribution in [0.1, 0.15) is 45.4 Å². The van der Waals surface area contributed by atoms with E-state index >= 15 is 0 Å². The zero-order valence-electron chi connectivity index (χ0n) is 8.76. The first-order valence-corrected chi connectivity index (χ1v) is 5.44. The molecule has 0 aromatic heterocycles. The standard InChI is InChI=1S/C11H19FO2/c1-2-9-4-6-11(8-9,10(13)14)5-3-7-12/h9H,2-8H2,1H3,(H,13,14). The van der Waals surface area contributed by atoms with Crippen molar-refractivity contribution in [2.45, 2.75) is 45.4 Å². The summed E-state index contributed by atoms with van der Waals surface area (Å²) in [5.74, 6) is -0.187. The number of carboxylic acids is 1. The number of halogens is 1. The summed E-state index contributed by atoms with van der Waals surface area (Å²) in [6.07, 6.45) is 4.43. The molecule has 0 aliphatic heterocycles. The number of rotatable bonds is 5. The van der Waals surface area contributed by atoms with Crippen molar-refractivity contribution in [3.63, 3.8) is 0 Å². The molecular formula is C11H19FO2. The molecule has 2 nitrogen and oxygen atoms in total. The van der Waals surface area contributed by atoms with Gasteiger partial charge >= 0.3 is 5.97 Å². The van der Waals surface area contributed by atoms with Gasteiger partial charge in [-0.2, -0.15) is 0 Å². The Morgan fingerprint density at radius 3 is 2.79 bits per heavy atom. The van der Waals surface area contributed by atoms with Gasteiger partial charge in [-0.1, -0.05) is 13.3 Å². The molecule has 3 heteroatoms. The lowest BCUT2D eigenvalue weighted by Crippen LogP contribution is -2.28. The molecule has 2 unspecified atom stereocenters. The van der Waals surface area contributed by atoms with E-state index in [1.807, 2.05) is 0 Å². The topological polar surface area (TPSA) is 37.3 Å². The zero-order chi connectivity index (χ0) is 10.6. The third kappa shape index (κ3) is 2.25. The summed E-state index contributed by atoms with van der Waals surface area (Å²) in [6, 6.07) is 0. The van der Waals surface area contributed by atoms with E-state index in [4.69, 9.17) is 0 Å². The maximum absolute atomic E-state index is 12.1. The summed E-state index contributed by atoms with van der Waals surface area (Å²) >= 11 is 0. The normalized spacial score (nSPS) is 32.0. The van der Waals surface area contributed by atoms with Crippen LogP contribution in [0.5, 0.6) is 0 Å². The Morgan fingerprint density at radius 2 is 2.36 bits per heavy atom. The molecule has 1 N–H and O–H groups in total. The van der Waals surface area contributed by atoms with Gasteiger partial charge in [0.15, 0.2) is 0 Å². The highest BCUT2D eigenvalue weighted by Crippen LogP contribution is 2.46. The van der Waals surface area contributed by atoms with Crippen LogP contribution in [-0.4, -0.2) is 17.8 Å². The van der Waals surface area contributed by atoms with Crippen LogP contribution >= 0.6 is 0 Å². The fraction of sp³-hybridized carbons (Fsp3) is 0.909. The first kappa shape index (κ1) is 11.5. The van der Waals surface area contributed by atoms with Crippen molar-refractivity contribution in [3.05, 3.63) is 0 Å². The maximum atomic E-state index is 12.1. The second kappa shape index (κ2) is 4.76. The average Bonchev–Trinajstić information content (AvgIpc) is 2.59. The van der Waals surface area contributed by atoms with Crippen molar-refractivity contribution in [2.75, 3.05) is 6.67 Å². The second-order valence-electron chi connectivity index (χ2n) is 4.40. The molecule has 1 rings (SSSR count). The molecule has 0 amide bonds. The van der Waals surface area contributed by atoms with E-state index in [1.54, 1.807) is 0 Å². The largest absolute Gasteiger partial charge is 0.481 e. The molecule has 14 heavy (non-hydrogen) atoms. The Balaban J connectivity index is 2.60. The molecule has 0 heterocycles. The van der Waals surface area contributed by atoms with Crippen LogP contribution in [0.15, 0.2) is 0 Å². The van der Waals surface area contributed by atoms with Crippen LogP contribution in [0, 0.1) is 11.3 Å². The van der Waals surface area contributed by atoms with Gasteiger partial charge in [-0.25, -0.2) is 0 Å². The number of hydrogen-bond acceptors (Lipinski definition) is 1. The minimum atomic E-state index is -0.720. The van der Waals surface area contributed by atoms with Crippen LogP contribution in [0.25, 0.3) is 0 Å². The van der Waals surface area contributed by atoms with E-state index in [2.05, 4.69) is 6.92 Å². The van der Waals surface area contributed by atoms with Gasteiger partial charge in [-0.05, 0) is 38.0 Å². The predicted octanol–water partition coefficient (Wildman–Crippen LogP) is 3.02. The molecule has 0 aromatic carbocycles. The van der Waals surface area contributed by atoms with Crippen molar-refractivity contribution >= 4 is 5.97 Å². The van der Waals surface area contributed by atoms with E-state index in [0.717, 1.165) is 25.7 Å². The highest BCUT2D eigenvalue weighted by molar-refractivity contribution is 5.75. The molecule has 0 aromatic rings. The zero-order valence-corrected chi connectivity index (χ0v) is 8.76. The van der Waals surface area contributed by atoms with Crippen LogP contribution < -0.4 is 0 Å². The summed E-state index contributed by atoms with van der Waals surface area (Å²) in [5.41, 5.74) is -0.604. The van der Waals surface area contributed by atoms with E-state index in [9.17, 15) is 14.3 Å². The number of alkyl halides is 1. The second-order valence-corrected chi connectivity index (χ2v) is 4.40. The number of carbonyl (C=O) groups is 1. The van der Waals surface area contributed by atoms with Gasteiger partial charge in [0.1, 0.15) is 0 Å². The van der Waals surface area contributed by atoms with Crippen molar-refractivity contribution < 1.29 is 14.3 Å². The average molecular weight is 202 g/mol. The predicted molar refractivity (Wildman–Crippen MR) is 52.9 cm³/mol. The molecular weight excluding hydrogens is 183 g/mol. The number of aliphatic carboxylic acids is 1. The van der Waals surface area contributed by atoms with Crippen LogP contribution in [-0.2, 0) is 4.79 Å². The van der Waals surface area contributed by atoms with E-state index in [-0.39, 0.29) is 0 Å². The maximum Gasteiger partial charge on any atom is 0.309 e. The van der Waals surface area contributed by atoms with Gasteiger partial charge in [-0.3, -0.25) is 9.18 Å². The summed E-state index contributed by atoms with van der Waals surface area (Å²) < 4.78 is 12.1. The van der Waals surface area contributed by atoms with E-state index < -0.39 is 18.1 Å². The molecule has 0 radical (unpaired) electrons. The van der Waals surface area contributed by atoms with Crippen LogP contribution in [0.2, 0.25) is 0 Å². The molecule has 0 bridgehead atoms. The van der Waals surface area contributed by atoms with Crippen molar-refractivity contribution in [1.82, 2.24) is 0 Å². The van der Waals surface area contributed by atoms with Gasteiger partial charge < -0.3 is 5.11 Å². The van der Waals surface area contributed by atoms with E-state index in [1.165, 1.54) is 0 Å². The van der Waals surface area contributed by atoms with Crippen LogP contribution in [0.4, 0.5) is 4.39 Å². The van der Waals surface area contributed by atoms with Gasteiger partial charge in [0.25, 0.3) is 0 Å². The first-order valence-electron chi connectivity index (χ1n) is 5.44. The molecule has 0 spiro atoms. The van der Waals surface area contributed by atoms with Gasteiger partial charge in [0, 0.05) is 0 Å². The van der Waals surface area contributed by atoms with E-state index in [0.29, 0.717) is 18.8 Å². The lowest BCUT2D eigenvalue weighted by molar-refractivity contribution is -0.149. The summed E-state index contributed by atoms with van der Waals surface area (Å²) in [4.78, 5) is 11.2. The van der Waals surface area contributed by atoms with Crippen molar-refractivity contribution in [3.8, 4) is 0 Å². The quantitative estimate of drug-likeness (QED) is 0.744. The minimum absolute atomic E-state index is 0.392. The first-order chi connectivity index (χ1) is 6.64. The smallest absolute Gasteiger partial charge is 0.309 e. The molecule has 1 aliphatic rings. The summed E-state index contributed by atoms with van der Waals surface area (Å²) in [6.45, 7) is 1.70. The van der Waals surface area contributed by atoms with Gasteiger partial charge in [0.05, 0.1) is 12.1 Å². The third-order valence-electron chi connectivity index (χ3n) is 3.53. The lowest BCUT2D eigenvalue weighted by atomic mass is 9.81. The Labute approximate surface area is 84.5 Å². The molecule has 1 saturated carbocycles. The van der Waals surface area contributed by atoms with Gasteiger partial charge in [-0.15, -0.1) is 0 Å². The van der Waals surface area contributed by atoms with Crippen molar-refractivity contribution in [2.24, 2.45) is 11.3 Å². The van der Waals surface area contributed by atoms with Crippen molar-refractivity contribution in [1.29, 1.82) is 0 Å². The highest BCUT2D eigenvalue weighted by Gasteiger charge is 2.44. The lowest BCUT2D eigenvalue weighted by Gasteiger charge is -2.23. The fourth-order valence-electron chi connectivity index (χ4n) is 2.52. The Hall–Kier alpha value is -0.600. The summed E-state index contributed by atoms with van der Waals surface area (Å²) in [5, 5.41) is 9.18. The minimum Gasteiger partial charge on any atom is -0.481 e. The molecule has 2 atom stereocenters. The van der Waals surface area contributed by atoms with Gasteiger partial charge in [0.2, 0.25) is 0 Å².